The minimum absolute atomic E-state index is 0.0381. The summed E-state index contributed by atoms with van der Waals surface area (Å²) in [6.07, 6.45) is 0. The van der Waals surface area contributed by atoms with Gasteiger partial charge in [0.15, 0.2) is 0 Å². The van der Waals surface area contributed by atoms with Crippen LogP contribution >= 0.6 is 0 Å². The van der Waals surface area contributed by atoms with E-state index in [1.807, 2.05) is 0 Å². The second kappa shape index (κ2) is 6.82. The summed E-state index contributed by atoms with van der Waals surface area (Å²) >= 11 is 0. The van der Waals surface area contributed by atoms with E-state index in [9.17, 15) is 13.2 Å². The number of carboxylic acids is 1. The summed E-state index contributed by atoms with van der Waals surface area (Å²) < 4.78 is 29.3. The van der Waals surface area contributed by atoms with Crippen molar-refractivity contribution in [2.24, 2.45) is 5.92 Å². The molecule has 6 nitrogen and oxygen atoms in total. The van der Waals surface area contributed by atoms with Gasteiger partial charge >= 0.3 is 5.97 Å². The van der Waals surface area contributed by atoms with E-state index in [0.717, 1.165) is 4.31 Å². The molecule has 0 aliphatic rings. The topological polar surface area (TPSA) is 83.9 Å². The van der Waals surface area contributed by atoms with E-state index in [-0.39, 0.29) is 24.8 Å². The van der Waals surface area contributed by atoms with Crippen molar-refractivity contribution in [3.05, 3.63) is 0 Å². The number of nitrogens with zero attached hydrogens (tertiary/aromatic N) is 1. The Morgan fingerprint density at radius 3 is 2.38 bits per heavy atom. The molecule has 0 aromatic rings. The minimum Gasteiger partial charge on any atom is -0.480 e. The molecule has 1 N–H and O–H groups in total. The molecule has 0 aliphatic carbocycles. The first-order valence-corrected chi connectivity index (χ1v) is 6.59. The third-order valence-corrected chi connectivity index (χ3v) is 3.98. The third-order valence-electron chi connectivity index (χ3n) is 1.79. The monoisotopic (exact) mass is 253 g/mol. The Bertz CT molecular complexity index is 312. The largest absolute Gasteiger partial charge is 0.480 e. The Balaban J connectivity index is 4.65. The molecule has 0 amide bonds. The van der Waals surface area contributed by atoms with Gasteiger partial charge in [0, 0.05) is 13.7 Å². The molecular weight excluding hydrogens is 234 g/mol. The molecule has 0 radical (unpaired) electrons. The van der Waals surface area contributed by atoms with Gasteiger partial charge in [-0.25, -0.2) is 8.42 Å². The first-order chi connectivity index (χ1) is 7.29. The molecule has 7 heteroatoms. The molecule has 0 bridgehead atoms. The van der Waals surface area contributed by atoms with Gasteiger partial charge in [0.1, 0.15) is 6.54 Å². The number of hydrogen-bond acceptors (Lipinski definition) is 4. The van der Waals surface area contributed by atoms with Gasteiger partial charge in [-0.3, -0.25) is 4.79 Å². The SMILES string of the molecule is COCCN(CC(=O)O)S(=O)(=O)CC(C)C. The summed E-state index contributed by atoms with van der Waals surface area (Å²) in [5.41, 5.74) is 0. The summed E-state index contributed by atoms with van der Waals surface area (Å²) in [5, 5.41) is 8.63. The number of carboxylic acid groups (broad SMARTS) is 1. The van der Waals surface area contributed by atoms with Crippen molar-refractivity contribution in [1.82, 2.24) is 4.31 Å². The highest BCUT2D eigenvalue weighted by Gasteiger charge is 2.24. The van der Waals surface area contributed by atoms with Crippen molar-refractivity contribution in [3.8, 4) is 0 Å². The van der Waals surface area contributed by atoms with E-state index in [0.29, 0.717) is 0 Å². The fraction of sp³-hybridized carbons (Fsp3) is 0.889. The van der Waals surface area contributed by atoms with Crippen molar-refractivity contribution in [2.75, 3.05) is 32.6 Å². The first kappa shape index (κ1) is 15.3. The van der Waals surface area contributed by atoms with Gasteiger partial charge in [0.25, 0.3) is 0 Å². The fourth-order valence-electron chi connectivity index (χ4n) is 1.19. The van der Waals surface area contributed by atoms with Crippen LogP contribution in [0.1, 0.15) is 13.8 Å². The second-order valence-corrected chi connectivity index (χ2v) is 5.91. The van der Waals surface area contributed by atoms with Crippen molar-refractivity contribution in [1.29, 1.82) is 0 Å². The van der Waals surface area contributed by atoms with E-state index < -0.39 is 22.5 Å². The van der Waals surface area contributed by atoms with Crippen LogP contribution < -0.4 is 0 Å². The number of carbonyl (C=O) groups is 1. The van der Waals surface area contributed by atoms with Crippen LogP contribution in [-0.2, 0) is 19.6 Å². The van der Waals surface area contributed by atoms with Gasteiger partial charge in [0.05, 0.1) is 12.4 Å². The number of methoxy groups -OCH3 is 1. The van der Waals surface area contributed by atoms with Gasteiger partial charge in [0.2, 0.25) is 10.0 Å². The molecule has 0 aromatic carbocycles. The molecule has 0 rings (SSSR count). The van der Waals surface area contributed by atoms with Crippen molar-refractivity contribution in [2.45, 2.75) is 13.8 Å². The Hall–Kier alpha value is -0.660. The van der Waals surface area contributed by atoms with E-state index in [1.165, 1.54) is 7.11 Å². The molecule has 0 unspecified atom stereocenters. The van der Waals surface area contributed by atoms with Gasteiger partial charge < -0.3 is 9.84 Å². The highest BCUT2D eigenvalue weighted by atomic mass is 32.2. The Morgan fingerprint density at radius 2 is 2.00 bits per heavy atom. The average molecular weight is 253 g/mol. The maximum Gasteiger partial charge on any atom is 0.318 e. The number of aliphatic carboxylic acids is 1. The zero-order valence-corrected chi connectivity index (χ0v) is 10.7. The van der Waals surface area contributed by atoms with Crippen LogP contribution in [-0.4, -0.2) is 56.4 Å². The van der Waals surface area contributed by atoms with Crippen molar-refractivity contribution < 1.29 is 23.1 Å². The maximum absolute atomic E-state index is 11.8. The quantitative estimate of drug-likeness (QED) is 0.658. The van der Waals surface area contributed by atoms with Crippen LogP contribution in [0.5, 0.6) is 0 Å². The summed E-state index contributed by atoms with van der Waals surface area (Å²) in [6, 6.07) is 0. The Labute approximate surface area is 96.2 Å². The zero-order valence-electron chi connectivity index (χ0n) is 9.84. The summed E-state index contributed by atoms with van der Waals surface area (Å²) in [6.45, 7) is 3.28. The predicted octanol–water partition coefficient (Wildman–Crippen LogP) is 0.00520. The van der Waals surface area contributed by atoms with Crippen LogP contribution in [0.25, 0.3) is 0 Å². The zero-order chi connectivity index (χ0) is 12.8. The number of hydrogen-bond donors (Lipinski definition) is 1. The van der Waals surface area contributed by atoms with Gasteiger partial charge in [-0.1, -0.05) is 13.8 Å². The van der Waals surface area contributed by atoms with Gasteiger partial charge in [-0.05, 0) is 5.92 Å². The molecule has 0 aliphatic heterocycles. The highest BCUT2D eigenvalue weighted by Crippen LogP contribution is 2.06. The molecule has 16 heavy (non-hydrogen) atoms. The normalized spacial score (nSPS) is 12.3. The lowest BCUT2D eigenvalue weighted by molar-refractivity contribution is -0.137. The van der Waals surface area contributed by atoms with E-state index in [1.54, 1.807) is 13.8 Å². The first-order valence-electron chi connectivity index (χ1n) is 4.98. The molecule has 0 fully saturated rings. The Morgan fingerprint density at radius 1 is 1.44 bits per heavy atom. The number of sulfonamides is 1. The van der Waals surface area contributed by atoms with Crippen LogP contribution in [0.2, 0.25) is 0 Å². The standard InChI is InChI=1S/C9H19NO5S/c1-8(2)7-16(13,14)10(4-5-15-3)6-9(11)12/h8H,4-7H2,1-3H3,(H,11,12). The number of rotatable bonds is 8. The highest BCUT2D eigenvalue weighted by molar-refractivity contribution is 7.89. The summed E-state index contributed by atoms with van der Waals surface area (Å²) in [4.78, 5) is 10.6. The maximum atomic E-state index is 11.8. The average Bonchev–Trinajstić information content (AvgIpc) is 2.09. The van der Waals surface area contributed by atoms with E-state index >= 15 is 0 Å². The smallest absolute Gasteiger partial charge is 0.318 e. The molecule has 0 saturated heterocycles. The van der Waals surface area contributed by atoms with Crippen LogP contribution in [0.4, 0.5) is 0 Å². The predicted molar refractivity (Wildman–Crippen MR) is 59.7 cm³/mol. The van der Waals surface area contributed by atoms with Crippen LogP contribution in [0.3, 0.4) is 0 Å². The number of ether oxygens (including phenoxy) is 1. The van der Waals surface area contributed by atoms with E-state index in [4.69, 9.17) is 9.84 Å². The minimum atomic E-state index is -3.52. The lowest BCUT2D eigenvalue weighted by atomic mass is 10.3. The molecular formula is C9H19NO5S. The Kier molecular flexibility index (Phi) is 6.54. The lowest BCUT2D eigenvalue weighted by Crippen LogP contribution is -2.40. The lowest BCUT2D eigenvalue weighted by Gasteiger charge is -2.20. The summed E-state index contributed by atoms with van der Waals surface area (Å²) in [7, 11) is -2.08. The molecule has 0 spiro atoms. The van der Waals surface area contributed by atoms with Crippen molar-refractivity contribution >= 4 is 16.0 Å². The van der Waals surface area contributed by atoms with Gasteiger partial charge in [-0.2, -0.15) is 4.31 Å². The second-order valence-electron chi connectivity index (χ2n) is 3.89. The molecule has 0 atom stereocenters. The van der Waals surface area contributed by atoms with Crippen LogP contribution in [0.15, 0.2) is 0 Å². The summed E-state index contributed by atoms with van der Waals surface area (Å²) in [5.74, 6) is -1.25. The van der Waals surface area contributed by atoms with Crippen molar-refractivity contribution in [3.63, 3.8) is 0 Å². The third kappa shape index (κ3) is 6.04. The van der Waals surface area contributed by atoms with Crippen LogP contribution in [0, 0.1) is 5.92 Å². The molecule has 0 heterocycles. The molecule has 96 valence electrons. The van der Waals surface area contributed by atoms with Gasteiger partial charge in [-0.15, -0.1) is 0 Å². The van der Waals surface area contributed by atoms with E-state index in [2.05, 4.69) is 0 Å². The fourth-order valence-corrected chi connectivity index (χ4v) is 2.90. The molecule has 0 saturated carbocycles. The molecule has 0 aromatic heterocycles.